The molecule has 17 heteroatoms. The van der Waals surface area contributed by atoms with Crippen molar-refractivity contribution in [2.24, 2.45) is 5.73 Å². The summed E-state index contributed by atoms with van der Waals surface area (Å²) in [4.78, 5) is 54.4. The van der Waals surface area contributed by atoms with Crippen LogP contribution in [-0.2, 0) is 23.8 Å². The van der Waals surface area contributed by atoms with Gasteiger partial charge in [0.2, 0.25) is 5.91 Å². The first-order chi connectivity index (χ1) is 18.8. The fraction of sp³-hybridized carbons (Fsp3) is 0.739. The molecule has 1 aromatic rings. The molecular weight excluding hydrogens is 538 g/mol. The average Bonchev–Trinajstić information content (AvgIpc) is 3.29. The predicted molar refractivity (Wildman–Crippen MR) is 132 cm³/mol. The number of amides is 1. The molecule has 1 aromatic heterocycles. The maximum absolute atomic E-state index is 13.8. The van der Waals surface area contributed by atoms with E-state index < -0.39 is 96.4 Å². The van der Waals surface area contributed by atoms with Crippen LogP contribution < -0.4 is 17.0 Å². The van der Waals surface area contributed by atoms with Gasteiger partial charge < -0.3 is 50.4 Å². The van der Waals surface area contributed by atoms with E-state index in [0.29, 0.717) is 0 Å². The molecule has 0 bridgehead atoms. The second kappa shape index (κ2) is 11.7. The summed E-state index contributed by atoms with van der Waals surface area (Å²) in [5, 5.41) is 53.5. The molecular formula is C23H35N5O12. The maximum atomic E-state index is 13.8. The number of aliphatic hydroxyl groups is 5. The number of ketones is 1. The largest absolute Gasteiger partial charge is 0.389 e. The molecule has 17 nitrogen and oxygen atoms in total. The Bertz CT molecular complexity index is 1210. The number of nitrogens with zero attached hydrogens (tertiary/aromatic N) is 3. The normalized spacial score (nSPS) is 39.9. The summed E-state index contributed by atoms with van der Waals surface area (Å²) >= 11 is 0. The SMILES string of the molecule is CC(=O)[C@@H]1[C@@H](O)CN(C)[C@@H]([C@H](OC2OC(CN)C(O)C2O)C2OC(n3ccc(=O)[nH]c3=O)C(O)C2O)C(=O)N1C. The van der Waals surface area contributed by atoms with E-state index in [-0.39, 0.29) is 13.1 Å². The molecule has 0 saturated carbocycles. The van der Waals surface area contributed by atoms with Gasteiger partial charge in [0.1, 0.15) is 54.8 Å². The molecule has 3 saturated heterocycles. The van der Waals surface area contributed by atoms with Crippen LogP contribution in [-0.4, -0.2) is 151 Å². The lowest BCUT2D eigenvalue weighted by Gasteiger charge is -2.38. The van der Waals surface area contributed by atoms with Crippen LogP contribution in [0.3, 0.4) is 0 Å². The number of H-pyrrole nitrogens is 1. The summed E-state index contributed by atoms with van der Waals surface area (Å²) in [6.45, 7) is 0.829. The molecule has 4 heterocycles. The van der Waals surface area contributed by atoms with Crippen molar-refractivity contribution in [3.63, 3.8) is 0 Å². The first-order valence-electron chi connectivity index (χ1n) is 12.6. The van der Waals surface area contributed by atoms with Crippen molar-refractivity contribution in [3.8, 4) is 0 Å². The van der Waals surface area contributed by atoms with Gasteiger partial charge in [0.25, 0.3) is 5.56 Å². The highest BCUT2D eigenvalue weighted by Crippen LogP contribution is 2.36. The summed E-state index contributed by atoms with van der Waals surface area (Å²) in [7, 11) is 2.75. The molecule has 224 valence electrons. The van der Waals surface area contributed by atoms with E-state index in [1.54, 1.807) is 0 Å². The molecule has 0 aromatic carbocycles. The standard InChI is InChI=1S/C23H35N5O12/c1-8(29)12-9(30)7-26(2)13(20(36)27(12)3)18(40-22-17(35)14(32)10(6-24)38-22)19-15(33)16(34)21(39-19)28-5-4-11(31)25-23(28)37/h4-5,9-10,12-19,21-22,30,32-35H,6-7,24H2,1-3H3,(H,25,31,37)/t9-,10?,12+,13-,14?,15?,16?,17?,18-,19?,21?,22?/m0/s1. The van der Waals surface area contributed by atoms with Crippen LogP contribution in [0.4, 0.5) is 0 Å². The number of nitrogens with two attached hydrogens (primary N) is 1. The summed E-state index contributed by atoms with van der Waals surface area (Å²) in [5.74, 6) is -1.22. The lowest BCUT2D eigenvalue weighted by Crippen LogP contribution is -2.59. The van der Waals surface area contributed by atoms with E-state index in [1.807, 2.05) is 4.98 Å². The third kappa shape index (κ3) is 5.37. The van der Waals surface area contributed by atoms with E-state index >= 15 is 0 Å². The highest BCUT2D eigenvalue weighted by molar-refractivity contribution is 5.91. The van der Waals surface area contributed by atoms with Gasteiger partial charge >= 0.3 is 5.69 Å². The van der Waals surface area contributed by atoms with Gasteiger partial charge in [-0.2, -0.15) is 0 Å². The highest BCUT2D eigenvalue weighted by Gasteiger charge is 2.56. The number of carbonyl (C=O) groups excluding carboxylic acids is 2. The molecule has 0 radical (unpaired) electrons. The van der Waals surface area contributed by atoms with Gasteiger partial charge in [-0.15, -0.1) is 0 Å². The second-order valence-corrected chi connectivity index (χ2v) is 10.3. The van der Waals surface area contributed by atoms with Crippen LogP contribution in [0.2, 0.25) is 0 Å². The first kappa shape index (κ1) is 30.4. The number of rotatable bonds is 7. The minimum atomic E-state index is -1.79. The van der Waals surface area contributed by atoms with Crippen LogP contribution in [0, 0.1) is 0 Å². The molecule has 3 aliphatic heterocycles. The monoisotopic (exact) mass is 573 g/mol. The summed E-state index contributed by atoms with van der Waals surface area (Å²) in [6, 6.07) is -1.60. The van der Waals surface area contributed by atoms with Crippen molar-refractivity contribution >= 4 is 11.7 Å². The van der Waals surface area contributed by atoms with Crippen LogP contribution in [0.15, 0.2) is 21.9 Å². The zero-order valence-corrected chi connectivity index (χ0v) is 22.0. The lowest BCUT2D eigenvalue weighted by molar-refractivity contribution is -0.233. The van der Waals surface area contributed by atoms with E-state index in [1.165, 1.54) is 25.9 Å². The fourth-order valence-electron chi connectivity index (χ4n) is 5.56. The van der Waals surface area contributed by atoms with Crippen molar-refractivity contribution in [2.45, 2.75) is 80.4 Å². The Morgan fingerprint density at radius 2 is 1.77 bits per heavy atom. The van der Waals surface area contributed by atoms with Crippen LogP contribution in [0.5, 0.6) is 0 Å². The number of Topliss-reactive ketones (excluding diaryl/α,β-unsaturated/α-hetero) is 1. The molecule has 12 atom stereocenters. The summed E-state index contributed by atoms with van der Waals surface area (Å²) < 4.78 is 18.2. The lowest BCUT2D eigenvalue weighted by atomic mass is 9.97. The van der Waals surface area contributed by atoms with Crippen LogP contribution in [0.1, 0.15) is 13.2 Å². The number of nitrogens with one attached hydrogen (secondary N) is 1. The summed E-state index contributed by atoms with van der Waals surface area (Å²) in [5.41, 5.74) is 3.95. The molecule has 1 amide bonds. The third-order valence-corrected chi connectivity index (χ3v) is 7.63. The minimum absolute atomic E-state index is 0.182. The van der Waals surface area contributed by atoms with Gasteiger partial charge in [-0.25, -0.2) is 4.79 Å². The Kier molecular flexibility index (Phi) is 8.91. The first-order valence-corrected chi connectivity index (χ1v) is 12.6. The van der Waals surface area contributed by atoms with Gasteiger partial charge in [0.15, 0.2) is 18.3 Å². The van der Waals surface area contributed by atoms with Crippen molar-refractivity contribution < 1.29 is 49.3 Å². The number of ether oxygens (including phenoxy) is 3. The highest BCUT2D eigenvalue weighted by atomic mass is 16.7. The smallest absolute Gasteiger partial charge is 0.330 e. The minimum Gasteiger partial charge on any atom is -0.389 e. The second-order valence-electron chi connectivity index (χ2n) is 10.3. The number of hydrogen-bond donors (Lipinski definition) is 7. The number of aromatic amines is 1. The van der Waals surface area contributed by atoms with Crippen molar-refractivity contribution in [2.75, 3.05) is 27.2 Å². The molecule has 4 rings (SSSR count). The molecule has 40 heavy (non-hydrogen) atoms. The molecule has 3 fully saturated rings. The van der Waals surface area contributed by atoms with Gasteiger partial charge in [0.05, 0.1) is 6.10 Å². The van der Waals surface area contributed by atoms with E-state index in [4.69, 9.17) is 19.9 Å². The Hall–Kier alpha value is -2.58. The third-order valence-electron chi connectivity index (χ3n) is 7.63. The van der Waals surface area contributed by atoms with Crippen molar-refractivity contribution in [1.29, 1.82) is 0 Å². The molecule has 3 aliphatic rings. The van der Waals surface area contributed by atoms with Gasteiger partial charge in [0, 0.05) is 32.4 Å². The van der Waals surface area contributed by atoms with Crippen LogP contribution in [0.25, 0.3) is 0 Å². The fourth-order valence-corrected chi connectivity index (χ4v) is 5.56. The van der Waals surface area contributed by atoms with Gasteiger partial charge in [-0.1, -0.05) is 0 Å². The quantitative estimate of drug-likeness (QED) is 0.160. The zero-order chi connectivity index (χ0) is 29.6. The summed E-state index contributed by atoms with van der Waals surface area (Å²) in [6.07, 6.45) is -14.1. The topological polar surface area (TPSA) is 250 Å². The molecule has 0 aliphatic carbocycles. The number of aromatic nitrogens is 2. The number of carbonyl (C=O) groups is 2. The number of aliphatic hydroxyl groups excluding tert-OH is 5. The Labute approximate surface area is 227 Å². The average molecular weight is 574 g/mol. The van der Waals surface area contributed by atoms with Crippen molar-refractivity contribution in [3.05, 3.63) is 33.1 Å². The van der Waals surface area contributed by atoms with Crippen molar-refractivity contribution in [1.82, 2.24) is 19.4 Å². The Morgan fingerprint density at radius 3 is 2.35 bits per heavy atom. The molecule has 0 spiro atoms. The Morgan fingerprint density at radius 1 is 1.10 bits per heavy atom. The van der Waals surface area contributed by atoms with Crippen LogP contribution >= 0.6 is 0 Å². The zero-order valence-electron chi connectivity index (χ0n) is 22.0. The van der Waals surface area contributed by atoms with E-state index in [9.17, 15) is 44.7 Å². The van der Waals surface area contributed by atoms with E-state index in [2.05, 4.69) is 0 Å². The predicted octanol–water partition coefficient (Wildman–Crippen LogP) is -5.96. The maximum Gasteiger partial charge on any atom is 0.330 e. The van der Waals surface area contributed by atoms with E-state index in [0.717, 1.165) is 21.7 Å². The van der Waals surface area contributed by atoms with Gasteiger partial charge in [-0.3, -0.25) is 28.8 Å². The molecule has 8 unspecified atom stereocenters. The van der Waals surface area contributed by atoms with Gasteiger partial charge in [-0.05, 0) is 14.0 Å². The number of hydrogen-bond acceptors (Lipinski definition) is 14. The molecule has 8 N–H and O–H groups in total. The number of β-amino-alcohol motifs (C(OH)–C–C–N with tert-alkyl or cyclic N) is 1. The Balaban J connectivity index is 1.75. The number of likely N-dealkylation sites (N-methyl/N-ethyl adjacent to an activating group) is 2.